The van der Waals surface area contributed by atoms with Gasteiger partial charge in [0.25, 0.3) is 0 Å². The normalized spacial score (nSPS) is 18.4. The number of methoxy groups -OCH3 is 1. The molecule has 2 heterocycles. The molecule has 12 nitrogen and oxygen atoms in total. The summed E-state index contributed by atoms with van der Waals surface area (Å²) in [6, 6.07) is 5.29. The molecule has 0 bridgehead atoms. The molecule has 0 radical (unpaired) electrons. The summed E-state index contributed by atoms with van der Waals surface area (Å²) in [5, 5.41) is 6.73. The maximum absolute atomic E-state index is 13.2. The predicted molar refractivity (Wildman–Crippen MR) is 203 cm³/mol. The maximum Gasteiger partial charge on any atom is 0.410 e. The Morgan fingerprint density at radius 1 is 1.08 bits per heavy atom. The lowest BCUT2D eigenvalue weighted by Crippen LogP contribution is -2.51. The van der Waals surface area contributed by atoms with E-state index in [4.69, 9.17) is 25.8 Å². The fourth-order valence-corrected chi connectivity index (χ4v) is 6.49. The van der Waals surface area contributed by atoms with Crippen LogP contribution in [0.15, 0.2) is 54.2 Å². The topological polar surface area (TPSA) is 125 Å². The molecule has 1 aromatic carbocycles. The Kier molecular flexibility index (Phi) is 16.5. The van der Waals surface area contributed by atoms with E-state index in [-0.39, 0.29) is 30.2 Å². The number of piperazine rings is 1. The molecule has 2 N–H and O–H groups in total. The van der Waals surface area contributed by atoms with Crippen molar-refractivity contribution in [2.75, 3.05) is 53.4 Å². The Bertz CT molecular complexity index is 1410. The van der Waals surface area contributed by atoms with Gasteiger partial charge < -0.3 is 34.6 Å². The SMILES string of the molecule is C=CCC(c1ccc(Cl)cc1/C(=C\C)C(/C=C/NC=NC)NC(=O)C(CC)OC)N1CCN(C(=O)OC2CCN(C(=O)OC(C)(C)C)CC2)CC1. The van der Waals surface area contributed by atoms with Gasteiger partial charge in [0, 0.05) is 83.5 Å². The third-order valence-corrected chi connectivity index (χ3v) is 9.16. The molecule has 3 amide bonds. The van der Waals surface area contributed by atoms with Crippen molar-refractivity contribution in [2.45, 2.75) is 90.2 Å². The lowest BCUT2D eigenvalue weighted by Gasteiger charge is -2.40. The Morgan fingerprint density at radius 3 is 2.31 bits per heavy atom. The van der Waals surface area contributed by atoms with E-state index in [0.717, 1.165) is 16.7 Å². The molecular formula is C38H57ClN6O6. The van der Waals surface area contributed by atoms with Crippen molar-refractivity contribution < 1.29 is 28.6 Å². The first kappa shape index (κ1) is 41.5. The number of aliphatic imine (C=N–C) groups is 1. The second-order valence-corrected chi connectivity index (χ2v) is 14.1. The molecule has 1 aromatic rings. The van der Waals surface area contributed by atoms with Gasteiger partial charge in [-0.15, -0.1) is 6.58 Å². The van der Waals surface area contributed by atoms with Gasteiger partial charge in [0.1, 0.15) is 17.8 Å². The van der Waals surface area contributed by atoms with E-state index in [1.165, 1.54) is 7.11 Å². The zero-order valence-electron chi connectivity index (χ0n) is 31.3. The van der Waals surface area contributed by atoms with Crippen molar-refractivity contribution in [3.63, 3.8) is 0 Å². The van der Waals surface area contributed by atoms with Gasteiger partial charge in [0.15, 0.2) is 0 Å². The van der Waals surface area contributed by atoms with Gasteiger partial charge in [-0.3, -0.25) is 14.7 Å². The van der Waals surface area contributed by atoms with Gasteiger partial charge in [-0.2, -0.15) is 0 Å². The first-order chi connectivity index (χ1) is 24.3. The Balaban J connectivity index is 1.75. The number of amides is 3. The highest BCUT2D eigenvalue weighted by Gasteiger charge is 2.33. The molecule has 282 valence electrons. The van der Waals surface area contributed by atoms with Crippen LogP contribution in [0.3, 0.4) is 0 Å². The fraction of sp³-hybridized carbons (Fsp3) is 0.579. The molecular weight excluding hydrogens is 672 g/mol. The van der Waals surface area contributed by atoms with Crippen LogP contribution in [0.2, 0.25) is 5.02 Å². The molecule has 0 spiro atoms. The maximum atomic E-state index is 13.2. The molecule has 13 heteroatoms. The largest absolute Gasteiger partial charge is 0.446 e. The minimum atomic E-state index is -0.593. The number of rotatable bonds is 14. The second kappa shape index (κ2) is 20.2. The summed E-state index contributed by atoms with van der Waals surface area (Å²) in [6.45, 7) is 16.7. The Morgan fingerprint density at radius 2 is 1.75 bits per heavy atom. The van der Waals surface area contributed by atoms with Crippen LogP contribution in [0.25, 0.3) is 5.57 Å². The minimum Gasteiger partial charge on any atom is -0.446 e. The van der Waals surface area contributed by atoms with E-state index in [2.05, 4.69) is 27.1 Å². The van der Waals surface area contributed by atoms with Crippen LogP contribution in [-0.4, -0.2) is 116 Å². The monoisotopic (exact) mass is 728 g/mol. The van der Waals surface area contributed by atoms with Gasteiger partial charge in [-0.1, -0.05) is 36.7 Å². The van der Waals surface area contributed by atoms with Crippen LogP contribution < -0.4 is 10.6 Å². The molecule has 2 aliphatic heterocycles. The molecule has 2 aliphatic rings. The Labute approximate surface area is 308 Å². The molecule has 3 unspecified atom stereocenters. The lowest BCUT2D eigenvalue weighted by atomic mass is 9.88. The molecule has 3 rings (SSSR count). The summed E-state index contributed by atoms with van der Waals surface area (Å²) >= 11 is 6.62. The van der Waals surface area contributed by atoms with Gasteiger partial charge in [-0.05, 0) is 75.4 Å². The number of carbonyl (C=O) groups excluding carboxylic acids is 3. The van der Waals surface area contributed by atoms with Crippen LogP contribution in [-0.2, 0) is 19.0 Å². The van der Waals surface area contributed by atoms with Gasteiger partial charge in [0.05, 0.1) is 12.4 Å². The molecule has 0 aliphatic carbocycles. The molecule has 2 saturated heterocycles. The molecule has 51 heavy (non-hydrogen) atoms. The zero-order valence-corrected chi connectivity index (χ0v) is 32.1. The first-order valence-electron chi connectivity index (χ1n) is 17.8. The van der Waals surface area contributed by atoms with Gasteiger partial charge >= 0.3 is 12.2 Å². The minimum absolute atomic E-state index is 0.0619. The average molecular weight is 729 g/mol. The van der Waals surface area contributed by atoms with Crippen LogP contribution in [0.4, 0.5) is 9.59 Å². The first-order valence-corrected chi connectivity index (χ1v) is 18.1. The number of allylic oxidation sites excluding steroid dienone is 1. The van der Waals surface area contributed by atoms with Gasteiger partial charge in [-0.25, -0.2) is 9.59 Å². The van der Waals surface area contributed by atoms with E-state index < -0.39 is 17.7 Å². The molecule has 0 saturated carbocycles. The summed E-state index contributed by atoms with van der Waals surface area (Å²) in [5.41, 5.74) is 2.25. The Hall–Kier alpha value is -3.87. The third-order valence-electron chi connectivity index (χ3n) is 8.93. The molecule has 0 aromatic heterocycles. The van der Waals surface area contributed by atoms with E-state index in [9.17, 15) is 14.4 Å². The molecule has 2 fully saturated rings. The van der Waals surface area contributed by atoms with Crippen molar-refractivity contribution in [1.29, 1.82) is 0 Å². The molecule has 3 atom stereocenters. The zero-order chi connectivity index (χ0) is 37.6. The summed E-state index contributed by atoms with van der Waals surface area (Å²) in [4.78, 5) is 48.6. The quantitative estimate of drug-likeness (QED) is 0.132. The average Bonchev–Trinajstić information content (AvgIpc) is 3.10. The number of benzene rings is 1. The second-order valence-electron chi connectivity index (χ2n) is 13.6. The summed E-state index contributed by atoms with van der Waals surface area (Å²) in [5.74, 6) is -0.221. The number of nitrogens with zero attached hydrogens (tertiary/aromatic N) is 4. The fourth-order valence-electron chi connectivity index (χ4n) is 6.32. The van der Waals surface area contributed by atoms with Crippen molar-refractivity contribution in [3.05, 3.63) is 65.4 Å². The summed E-state index contributed by atoms with van der Waals surface area (Å²) < 4.78 is 16.8. The highest BCUT2D eigenvalue weighted by molar-refractivity contribution is 6.30. The van der Waals surface area contributed by atoms with Crippen molar-refractivity contribution in [3.8, 4) is 0 Å². The summed E-state index contributed by atoms with van der Waals surface area (Å²) in [6.07, 6.45) is 9.89. The van der Waals surface area contributed by atoms with Crippen LogP contribution in [0.1, 0.15) is 77.5 Å². The third kappa shape index (κ3) is 12.4. The smallest absolute Gasteiger partial charge is 0.410 e. The number of piperidine rings is 1. The van der Waals surface area contributed by atoms with Crippen molar-refractivity contribution in [1.82, 2.24) is 25.3 Å². The van der Waals surface area contributed by atoms with Crippen LogP contribution in [0.5, 0.6) is 0 Å². The number of likely N-dealkylation sites (tertiary alicyclic amines) is 1. The summed E-state index contributed by atoms with van der Waals surface area (Å²) in [7, 11) is 3.20. The van der Waals surface area contributed by atoms with E-state index in [1.54, 1.807) is 29.4 Å². The number of hydrogen-bond acceptors (Lipinski definition) is 8. The number of halogens is 1. The highest BCUT2D eigenvalue weighted by Crippen LogP contribution is 2.35. The number of carbonyl (C=O) groups is 3. The lowest BCUT2D eigenvalue weighted by molar-refractivity contribution is -0.131. The highest BCUT2D eigenvalue weighted by atomic mass is 35.5. The number of nitrogens with one attached hydrogen (secondary N) is 2. The van der Waals surface area contributed by atoms with E-state index >= 15 is 0 Å². The number of ether oxygens (including phenoxy) is 3. The van der Waals surface area contributed by atoms with E-state index in [0.29, 0.717) is 70.0 Å². The van der Waals surface area contributed by atoms with Gasteiger partial charge in [0.2, 0.25) is 5.91 Å². The van der Waals surface area contributed by atoms with Crippen LogP contribution >= 0.6 is 11.6 Å². The predicted octanol–water partition coefficient (Wildman–Crippen LogP) is 6.19. The van der Waals surface area contributed by atoms with Crippen LogP contribution in [0, 0.1) is 0 Å². The number of hydrogen-bond donors (Lipinski definition) is 2. The van der Waals surface area contributed by atoms with Crippen molar-refractivity contribution in [2.24, 2.45) is 4.99 Å². The standard InChI is InChI=1S/C38H57ClN6O6/c1-9-12-33(43-21-23-45(24-22-43)36(47)50-28-16-19-44(20-17-28)37(48)51-38(4,5)6)30-14-13-27(39)25-31(30)29(10-2)32(15-18-41-26-40-7)42-35(46)34(11-3)49-8/h9-10,13-15,18,25-26,28,32-34H,1,11-12,16-17,19-24H2,2-8H3,(H,40,41)(H,42,46)/b18-15+,29-10+. The van der Waals surface area contributed by atoms with E-state index in [1.807, 2.05) is 71.0 Å². The van der Waals surface area contributed by atoms with Crippen molar-refractivity contribution >= 4 is 41.6 Å².